The van der Waals surface area contributed by atoms with Crippen molar-refractivity contribution in [3.8, 4) is 11.5 Å². The molecular formula is C23H27N3O2S. The zero-order valence-corrected chi connectivity index (χ0v) is 18.1. The van der Waals surface area contributed by atoms with Gasteiger partial charge >= 0.3 is 0 Å². The summed E-state index contributed by atoms with van der Waals surface area (Å²) < 4.78 is 5.75. The fourth-order valence-corrected chi connectivity index (χ4v) is 3.86. The van der Waals surface area contributed by atoms with Crippen LogP contribution in [0.3, 0.4) is 0 Å². The molecule has 0 unspecified atom stereocenters. The molecule has 152 valence electrons. The van der Waals surface area contributed by atoms with E-state index in [0.717, 1.165) is 28.7 Å². The average molecular weight is 410 g/mol. The van der Waals surface area contributed by atoms with Crippen molar-refractivity contribution in [1.82, 2.24) is 15.5 Å². The summed E-state index contributed by atoms with van der Waals surface area (Å²) in [6.07, 6.45) is 0.887. The van der Waals surface area contributed by atoms with Gasteiger partial charge in [0.1, 0.15) is 0 Å². The summed E-state index contributed by atoms with van der Waals surface area (Å²) in [6, 6.07) is 16.2. The van der Waals surface area contributed by atoms with Crippen molar-refractivity contribution < 1.29 is 9.21 Å². The first-order valence-corrected chi connectivity index (χ1v) is 10.8. The van der Waals surface area contributed by atoms with Crippen LogP contribution < -0.4 is 5.32 Å². The molecule has 29 heavy (non-hydrogen) atoms. The van der Waals surface area contributed by atoms with Crippen LogP contribution in [0.15, 0.2) is 58.2 Å². The molecule has 1 aromatic heterocycles. The van der Waals surface area contributed by atoms with Crippen molar-refractivity contribution in [1.29, 1.82) is 0 Å². The molecular weight excluding hydrogens is 382 g/mol. The number of aryl methyl sites for hydroxylation is 2. The lowest BCUT2D eigenvalue weighted by Gasteiger charge is -2.21. The van der Waals surface area contributed by atoms with Gasteiger partial charge in [0.25, 0.3) is 5.22 Å². The summed E-state index contributed by atoms with van der Waals surface area (Å²) in [5.74, 6) is 1.14. The van der Waals surface area contributed by atoms with E-state index in [1.54, 1.807) is 0 Å². The molecule has 1 amide bonds. The molecule has 0 spiro atoms. The molecule has 2 aromatic carbocycles. The van der Waals surface area contributed by atoms with Gasteiger partial charge < -0.3 is 9.73 Å². The minimum Gasteiger partial charge on any atom is -0.411 e. The van der Waals surface area contributed by atoms with Gasteiger partial charge in [0, 0.05) is 5.56 Å². The third-order valence-corrected chi connectivity index (χ3v) is 5.26. The summed E-state index contributed by atoms with van der Waals surface area (Å²) in [7, 11) is 0. The van der Waals surface area contributed by atoms with E-state index in [4.69, 9.17) is 4.42 Å². The van der Waals surface area contributed by atoms with Crippen molar-refractivity contribution in [3.05, 3.63) is 65.2 Å². The minimum atomic E-state index is -0.0457. The summed E-state index contributed by atoms with van der Waals surface area (Å²) in [5.41, 5.74) is 4.30. The first-order chi connectivity index (χ1) is 13.9. The number of nitrogens with one attached hydrogen (secondary N) is 1. The smallest absolute Gasteiger partial charge is 0.277 e. The molecule has 5 nitrogen and oxygen atoms in total. The third kappa shape index (κ3) is 6.19. The Morgan fingerprint density at radius 3 is 2.41 bits per heavy atom. The lowest BCUT2D eigenvalue weighted by Crippen LogP contribution is -2.30. The Kier molecular flexibility index (Phi) is 7.09. The third-order valence-electron chi connectivity index (χ3n) is 4.45. The zero-order chi connectivity index (χ0) is 20.8. The van der Waals surface area contributed by atoms with Crippen LogP contribution in [0.5, 0.6) is 0 Å². The zero-order valence-electron chi connectivity index (χ0n) is 17.3. The van der Waals surface area contributed by atoms with E-state index >= 15 is 0 Å². The van der Waals surface area contributed by atoms with E-state index in [2.05, 4.69) is 47.6 Å². The van der Waals surface area contributed by atoms with E-state index < -0.39 is 0 Å². The van der Waals surface area contributed by atoms with Crippen LogP contribution in [0.2, 0.25) is 0 Å². The summed E-state index contributed by atoms with van der Waals surface area (Å²) >= 11 is 1.26. The van der Waals surface area contributed by atoms with E-state index in [0.29, 0.717) is 17.0 Å². The monoisotopic (exact) mass is 409 g/mol. The Bertz CT molecular complexity index is 934. The Hall–Kier alpha value is -2.60. The summed E-state index contributed by atoms with van der Waals surface area (Å²) in [4.78, 5) is 12.5. The van der Waals surface area contributed by atoms with Crippen molar-refractivity contribution in [3.63, 3.8) is 0 Å². The number of amides is 1. The van der Waals surface area contributed by atoms with Gasteiger partial charge in [0.05, 0.1) is 11.8 Å². The molecule has 0 fully saturated rings. The van der Waals surface area contributed by atoms with Crippen molar-refractivity contribution in [2.24, 2.45) is 5.92 Å². The van der Waals surface area contributed by atoms with Crippen LogP contribution in [-0.4, -0.2) is 21.9 Å². The first-order valence-electron chi connectivity index (χ1n) is 9.80. The lowest BCUT2D eigenvalue weighted by molar-refractivity contribution is -0.119. The van der Waals surface area contributed by atoms with Gasteiger partial charge in [0.2, 0.25) is 11.8 Å². The number of hydrogen-bond acceptors (Lipinski definition) is 5. The molecule has 0 aliphatic rings. The summed E-state index contributed by atoms with van der Waals surface area (Å²) in [5, 5.41) is 11.7. The molecule has 1 atom stereocenters. The number of hydrogen-bond donors (Lipinski definition) is 1. The van der Waals surface area contributed by atoms with Gasteiger partial charge in [-0.25, -0.2) is 0 Å². The standard InChI is InChI=1S/C23H27N3O2S/c1-15(2)10-20(18-8-6-5-7-9-18)24-21(27)14-29-23-26-25-22(28-23)19-12-16(3)11-17(4)13-19/h5-9,11-13,15,20H,10,14H2,1-4H3,(H,24,27)/t20-/m1/s1. The highest BCUT2D eigenvalue weighted by Crippen LogP contribution is 2.25. The van der Waals surface area contributed by atoms with Crippen molar-refractivity contribution in [2.45, 2.75) is 45.4 Å². The van der Waals surface area contributed by atoms with Crippen LogP contribution in [0.1, 0.15) is 43.0 Å². The molecule has 6 heteroatoms. The van der Waals surface area contributed by atoms with Crippen LogP contribution in [0, 0.1) is 19.8 Å². The number of carbonyl (C=O) groups excluding carboxylic acids is 1. The second kappa shape index (κ2) is 9.74. The molecule has 1 heterocycles. The van der Waals surface area contributed by atoms with E-state index in [1.807, 2.05) is 44.2 Å². The highest BCUT2D eigenvalue weighted by molar-refractivity contribution is 7.99. The Labute approximate surface area is 176 Å². The normalized spacial score (nSPS) is 12.2. The van der Waals surface area contributed by atoms with E-state index in [9.17, 15) is 4.79 Å². The number of carbonyl (C=O) groups is 1. The highest BCUT2D eigenvalue weighted by Gasteiger charge is 2.17. The maximum absolute atomic E-state index is 12.5. The highest BCUT2D eigenvalue weighted by atomic mass is 32.2. The van der Waals surface area contributed by atoms with Gasteiger partial charge in [-0.2, -0.15) is 0 Å². The molecule has 1 N–H and O–H groups in total. The number of nitrogens with zero attached hydrogens (tertiary/aromatic N) is 2. The van der Waals surface area contributed by atoms with Gasteiger partial charge in [-0.15, -0.1) is 10.2 Å². The quantitative estimate of drug-likeness (QED) is 0.508. The average Bonchev–Trinajstić information content (AvgIpc) is 3.15. The van der Waals surface area contributed by atoms with Gasteiger partial charge in [-0.1, -0.05) is 73.1 Å². The first kappa shape index (κ1) is 21.1. The second-order valence-electron chi connectivity index (χ2n) is 7.70. The molecule has 0 bridgehead atoms. The van der Waals surface area contributed by atoms with Crippen LogP contribution >= 0.6 is 11.8 Å². The van der Waals surface area contributed by atoms with E-state index in [1.165, 1.54) is 11.8 Å². The Morgan fingerprint density at radius 1 is 1.07 bits per heavy atom. The number of thioether (sulfide) groups is 1. The van der Waals surface area contributed by atoms with E-state index in [-0.39, 0.29) is 17.7 Å². The number of aromatic nitrogens is 2. The lowest BCUT2D eigenvalue weighted by atomic mass is 9.97. The largest absolute Gasteiger partial charge is 0.411 e. The van der Waals surface area contributed by atoms with Crippen molar-refractivity contribution >= 4 is 17.7 Å². The number of benzene rings is 2. The fraction of sp³-hybridized carbons (Fsp3) is 0.348. The van der Waals surface area contributed by atoms with Gasteiger partial charge in [-0.3, -0.25) is 4.79 Å². The van der Waals surface area contributed by atoms with Crippen molar-refractivity contribution in [2.75, 3.05) is 5.75 Å². The molecule has 0 aliphatic heterocycles. The maximum atomic E-state index is 12.5. The molecule has 0 saturated carbocycles. The van der Waals surface area contributed by atoms with Crippen LogP contribution in [-0.2, 0) is 4.79 Å². The van der Waals surface area contributed by atoms with Crippen LogP contribution in [0.25, 0.3) is 11.5 Å². The predicted octanol–water partition coefficient (Wildman–Crippen LogP) is 5.35. The fourth-order valence-electron chi connectivity index (χ4n) is 3.28. The van der Waals surface area contributed by atoms with Crippen LogP contribution in [0.4, 0.5) is 0 Å². The van der Waals surface area contributed by atoms with Gasteiger partial charge in [-0.05, 0) is 43.9 Å². The Balaban J connectivity index is 1.60. The van der Waals surface area contributed by atoms with Gasteiger partial charge in [0.15, 0.2) is 0 Å². The molecule has 0 saturated heterocycles. The molecule has 0 radical (unpaired) electrons. The maximum Gasteiger partial charge on any atom is 0.277 e. The summed E-state index contributed by atoms with van der Waals surface area (Å²) in [6.45, 7) is 8.38. The molecule has 3 aromatic rings. The minimum absolute atomic E-state index is 0.00202. The SMILES string of the molecule is Cc1cc(C)cc(-c2nnc(SCC(=O)N[C@H](CC(C)C)c3ccccc3)o2)c1. The topological polar surface area (TPSA) is 68.0 Å². The predicted molar refractivity (Wildman–Crippen MR) is 117 cm³/mol. The Morgan fingerprint density at radius 2 is 1.76 bits per heavy atom. The molecule has 3 rings (SSSR count). The second-order valence-corrected chi connectivity index (χ2v) is 8.63. The molecule has 0 aliphatic carbocycles. The number of rotatable bonds is 8.